The van der Waals surface area contributed by atoms with Crippen LogP contribution in [-0.2, 0) is 0 Å². The molecule has 3 heteroatoms. The van der Waals surface area contributed by atoms with E-state index in [9.17, 15) is 5.11 Å². The van der Waals surface area contributed by atoms with Gasteiger partial charge in [0, 0.05) is 6.20 Å². The Kier molecular flexibility index (Phi) is 3.36. The molecule has 1 aromatic carbocycles. The van der Waals surface area contributed by atoms with Crippen LogP contribution in [0.3, 0.4) is 0 Å². The fourth-order valence-corrected chi connectivity index (χ4v) is 2.20. The molecule has 0 spiro atoms. The fraction of sp³-hybridized carbons (Fsp3) is 0.308. The number of hydrogen-bond acceptors (Lipinski definition) is 3. The molecule has 16 heavy (non-hydrogen) atoms. The van der Waals surface area contributed by atoms with Crippen LogP contribution in [0.15, 0.2) is 36.5 Å². The van der Waals surface area contributed by atoms with Crippen LogP contribution in [0.1, 0.15) is 41.9 Å². The van der Waals surface area contributed by atoms with E-state index in [-0.39, 0.29) is 0 Å². The first-order chi connectivity index (χ1) is 7.68. The van der Waals surface area contributed by atoms with Gasteiger partial charge in [0.1, 0.15) is 6.10 Å². The van der Waals surface area contributed by atoms with Crippen LogP contribution in [0.4, 0.5) is 0 Å². The van der Waals surface area contributed by atoms with Gasteiger partial charge in [-0.25, -0.2) is 4.37 Å². The van der Waals surface area contributed by atoms with Crippen molar-refractivity contribution in [3.05, 3.63) is 52.5 Å². The normalized spacial score (nSPS) is 13.0. The van der Waals surface area contributed by atoms with E-state index in [0.29, 0.717) is 5.92 Å². The molecule has 84 valence electrons. The third kappa shape index (κ3) is 2.31. The maximum atomic E-state index is 10.1. The predicted octanol–water partition coefficient (Wildman–Crippen LogP) is 3.35. The first kappa shape index (κ1) is 11.3. The van der Waals surface area contributed by atoms with Crippen molar-refractivity contribution in [3.8, 4) is 0 Å². The first-order valence-electron chi connectivity index (χ1n) is 5.37. The molecule has 2 aromatic rings. The molecule has 1 atom stereocenters. The average Bonchev–Trinajstić information content (AvgIpc) is 2.81. The highest BCUT2D eigenvalue weighted by atomic mass is 32.1. The zero-order chi connectivity index (χ0) is 11.5. The lowest BCUT2D eigenvalue weighted by molar-refractivity contribution is 0.224. The Bertz CT molecular complexity index is 433. The predicted molar refractivity (Wildman–Crippen MR) is 66.7 cm³/mol. The van der Waals surface area contributed by atoms with Gasteiger partial charge < -0.3 is 5.11 Å². The zero-order valence-electron chi connectivity index (χ0n) is 9.42. The largest absolute Gasteiger partial charge is 0.383 e. The number of aliphatic hydroxyl groups is 1. The topological polar surface area (TPSA) is 33.1 Å². The molecule has 1 heterocycles. The van der Waals surface area contributed by atoms with Crippen LogP contribution < -0.4 is 0 Å². The van der Waals surface area contributed by atoms with Crippen molar-refractivity contribution in [2.75, 3.05) is 0 Å². The maximum Gasteiger partial charge on any atom is 0.115 e. The minimum Gasteiger partial charge on any atom is -0.383 e. The lowest BCUT2D eigenvalue weighted by atomic mass is 10.00. The van der Waals surface area contributed by atoms with E-state index in [0.717, 1.165) is 10.4 Å². The molecule has 0 radical (unpaired) electrons. The number of aliphatic hydroxyl groups excluding tert-OH is 1. The molecule has 2 rings (SSSR count). The molecule has 0 fully saturated rings. The molecule has 0 unspecified atom stereocenters. The summed E-state index contributed by atoms with van der Waals surface area (Å²) in [4.78, 5) is 0.886. The monoisotopic (exact) mass is 233 g/mol. The second-order valence-electron chi connectivity index (χ2n) is 4.14. The highest BCUT2D eigenvalue weighted by Gasteiger charge is 2.11. The minimum atomic E-state index is -0.547. The lowest BCUT2D eigenvalue weighted by Gasteiger charge is -2.10. The van der Waals surface area contributed by atoms with E-state index in [1.165, 1.54) is 17.1 Å². The van der Waals surface area contributed by atoms with Crippen molar-refractivity contribution in [2.45, 2.75) is 25.9 Å². The second-order valence-corrected chi connectivity index (χ2v) is 5.00. The van der Waals surface area contributed by atoms with Crippen LogP contribution >= 0.6 is 11.5 Å². The van der Waals surface area contributed by atoms with Crippen molar-refractivity contribution in [3.63, 3.8) is 0 Å². The number of rotatable bonds is 3. The van der Waals surface area contributed by atoms with Gasteiger partial charge in [-0.15, -0.1) is 0 Å². The zero-order valence-corrected chi connectivity index (χ0v) is 10.2. The summed E-state index contributed by atoms with van der Waals surface area (Å²) in [6.45, 7) is 4.32. The van der Waals surface area contributed by atoms with E-state index in [1.807, 2.05) is 18.2 Å². The Morgan fingerprint density at radius 3 is 2.19 bits per heavy atom. The van der Waals surface area contributed by atoms with Crippen LogP contribution in [0.2, 0.25) is 0 Å². The summed E-state index contributed by atoms with van der Waals surface area (Å²) in [6.07, 6.45) is 1.17. The van der Waals surface area contributed by atoms with Gasteiger partial charge in [-0.05, 0) is 34.6 Å². The van der Waals surface area contributed by atoms with Gasteiger partial charge in [-0.1, -0.05) is 38.1 Å². The van der Waals surface area contributed by atoms with E-state index >= 15 is 0 Å². The Morgan fingerprint density at radius 2 is 1.69 bits per heavy atom. The molecule has 2 nitrogen and oxygen atoms in total. The Morgan fingerprint density at radius 1 is 1.06 bits per heavy atom. The lowest BCUT2D eigenvalue weighted by Crippen LogP contribution is -1.97. The molecule has 1 aromatic heterocycles. The summed E-state index contributed by atoms with van der Waals surface area (Å²) in [6, 6.07) is 9.97. The Hall–Kier alpha value is -1.19. The van der Waals surface area contributed by atoms with Gasteiger partial charge >= 0.3 is 0 Å². The number of nitrogens with zero attached hydrogens (tertiary/aromatic N) is 1. The third-order valence-electron chi connectivity index (χ3n) is 2.65. The summed E-state index contributed by atoms with van der Waals surface area (Å²) in [5, 5.41) is 10.1. The number of benzene rings is 1. The van der Waals surface area contributed by atoms with Crippen molar-refractivity contribution in [1.82, 2.24) is 4.37 Å². The maximum absolute atomic E-state index is 10.1. The van der Waals surface area contributed by atoms with Crippen LogP contribution in [0.5, 0.6) is 0 Å². The van der Waals surface area contributed by atoms with Gasteiger partial charge in [0.05, 0.1) is 4.88 Å². The molecular weight excluding hydrogens is 218 g/mol. The van der Waals surface area contributed by atoms with Gasteiger partial charge in [0.15, 0.2) is 0 Å². The molecule has 0 amide bonds. The average molecular weight is 233 g/mol. The van der Waals surface area contributed by atoms with Crippen LogP contribution in [0.25, 0.3) is 0 Å². The molecule has 0 bridgehead atoms. The van der Waals surface area contributed by atoms with E-state index < -0.39 is 6.10 Å². The van der Waals surface area contributed by atoms with Gasteiger partial charge in [-0.3, -0.25) is 0 Å². The molecule has 1 N–H and O–H groups in total. The quantitative estimate of drug-likeness (QED) is 0.882. The highest BCUT2D eigenvalue weighted by molar-refractivity contribution is 7.05. The number of hydrogen-bond donors (Lipinski definition) is 1. The molecule has 0 aliphatic heterocycles. The molecule has 0 aliphatic rings. The SMILES string of the molecule is CC(C)c1ccc([C@@H](O)c2ccns2)cc1. The summed E-state index contributed by atoms with van der Waals surface area (Å²) in [7, 11) is 0. The number of aromatic nitrogens is 1. The Balaban J connectivity index is 2.22. The minimum absolute atomic E-state index is 0.523. The van der Waals surface area contributed by atoms with E-state index in [4.69, 9.17) is 0 Å². The highest BCUT2D eigenvalue weighted by Crippen LogP contribution is 2.25. The molecule has 0 saturated carbocycles. The summed E-state index contributed by atoms with van der Waals surface area (Å²) in [5.41, 5.74) is 2.22. The fourth-order valence-electron chi connectivity index (χ4n) is 1.59. The summed E-state index contributed by atoms with van der Waals surface area (Å²) < 4.78 is 4.00. The van der Waals surface area contributed by atoms with Crippen molar-refractivity contribution >= 4 is 11.5 Å². The van der Waals surface area contributed by atoms with E-state index in [2.05, 4.69) is 30.4 Å². The third-order valence-corrected chi connectivity index (χ3v) is 3.44. The summed E-state index contributed by atoms with van der Waals surface area (Å²) >= 11 is 1.34. The van der Waals surface area contributed by atoms with Crippen molar-refractivity contribution in [1.29, 1.82) is 0 Å². The van der Waals surface area contributed by atoms with Crippen molar-refractivity contribution in [2.24, 2.45) is 0 Å². The van der Waals surface area contributed by atoms with E-state index in [1.54, 1.807) is 6.20 Å². The van der Waals surface area contributed by atoms with Gasteiger partial charge in [0.2, 0.25) is 0 Å². The van der Waals surface area contributed by atoms with Crippen LogP contribution in [0, 0.1) is 0 Å². The first-order valence-corrected chi connectivity index (χ1v) is 6.14. The van der Waals surface area contributed by atoms with Crippen molar-refractivity contribution < 1.29 is 5.11 Å². The standard InChI is InChI=1S/C13H15NOS/c1-9(2)10-3-5-11(6-4-10)13(15)12-7-8-14-16-12/h3-9,13,15H,1-2H3/t13-/m1/s1. The molecular formula is C13H15NOS. The summed E-state index contributed by atoms with van der Waals surface area (Å²) in [5.74, 6) is 0.523. The van der Waals surface area contributed by atoms with Crippen LogP contribution in [-0.4, -0.2) is 9.48 Å². The second kappa shape index (κ2) is 4.76. The Labute approximate surface area is 99.7 Å². The molecule has 0 aliphatic carbocycles. The molecule has 0 saturated heterocycles. The van der Waals surface area contributed by atoms with Gasteiger partial charge in [0.25, 0.3) is 0 Å². The van der Waals surface area contributed by atoms with Gasteiger partial charge in [-0.2, -0.15) is 0 Å². The smallest absolute Gasteiger partial charge is 0.115 e.